The maximum Gasteiger partial charge on any atom is 0.250 e. The van der Waals surface area contributed by atoms with E-state index in [4.69, 9.17) is 4.98 Å². The molecule has 8 heteroatoms. The van der Waals surface area contributed by atoms with Gasteiger partial charge >= 0.3 is 0 Å². The van der Waals surface area contributed by atoms with Crippen molar-refractivity contribution in [3.05, 3.63) is 35.9 Å². The first kappa shape index (κ1) is 22.0. The lowest BCUT2D eigenvalue weighted by Crippen LogP contribution is -2.34. The summed E-state index contributed by atoms with van der Waals surface area (Å²) in [6.45, 7) is 4.01. The van der Waals surface area contributed by atoms with E-state index in [1.165, 1.54) is 44.2 Å². The number of nitrogens with zero attached hydrogens (tertiary/aromatic N) is 7. The average molecular weight is 435 g/mol. The third-order valence-corrected chi connectivity index (χ3v) is 5.91. The summed E-state index contributed by atoms with van der Waals surface area (Å²) in [5.74, 6) is 2.02. The van der Waals surface area contributed by atoms with Gasteiger partial charge in [-0.15, -0.1) is 0 Å². The predicted molar refractivity (Wildman–Crippen MR) is 134 cm³/mol. The first-order chi connectivity index (χ1) is 15.7. The number of rotatable bonds is 7. The van der Waals surface area contributed by atoms with E-state index in [0.717, 1.165) is 43.6 Å². The van der Waals surface area contributed by atoms with Gasteiger partial charge in [-0.1, -0.05) is 18.2 Å². The number of anilines is 4. The van der Waals surface area contributed by atoms with Crippen LogP contribution in [0.2, 0.25) is 0 Å². The van der Waals surface area contributed by atoms with Crippen LogP contribution < -0.4 is 20.1 Å². The number of allylic oxidation sites excluding steroid dienone is 1. The number of aromatic nitrogens is 3. The number of hydrazone groups is 1. The third-order valence-electron chi connectivity index (χ3n) is 5.91. The van der Waals surface area contributed by atoms with Gasteiger partial charge in [0.2, 0.25) is 17.8 Å². The molecule has 1 aromatic heterocycles. The van der Waals surface area contributed by atoms with Crippen molar-refractivity contribution in [2.45, 2.75) is 38.5 Å². The second kappa shape index (κ2) is 10.9. The van der Waals surface area contributed by atoms with Gasteiger partial charge in [-0.3, -0.25) is 0 Å². The normalized spacial score (nSPS) is 17.3. The number of benzene rings is 1. The minimum absolute atomic E-state index is 0.501. The fourth-order valence-electron chi connectivity index (χ4n) is 4.05. The maximum absolute atomic E-state index is 4.80. The van der Waals surface area contributed by atoms with Crippen molar-refractivity contribution in [3.8, 4) is 0 Å². The van der Waals surface area contributed by atoms with Crippen molar-refractivity contribution in [3.63, 3.8) is 0 Å². The Morgan fingerprint density at radius 3 is 1.91 bits per heavy atom. The van der Waals surface area contributed by atoms with E-state index in [0.29, 0.717) is 5.95 Å². The first-order valence-corrected chi connectivity index (χ1v) is 11.7. The zero-order valence-corrected chi connectivity index (χ0v) is 19.2. The molecule has 0 amide bonds. The Bertz CT molecular complexity index is 874. The van der Waals surface area contributed by atoms with Crippen LogP contribution >= 0.6 is 0 Å². The molecule has 0 unspecified atom stereocenters. The Hall–Kier alpha value is -3.16. The molecule has 0 bridgehead atoms. The third kappa shape index (κ3) is 5.96. The van der Waals surface area contributed by atoms with E-state index < -0.39 is 0 Å². The number of hydrogen-bond acceptors (Lipinski definition) is 8. The smallest absolute Gasteiger partial charge is 0.250 e. The van der Waals surface area contributed by atoms with Gasteiger partial charge in [-0.05, 0) is 62.3 Å². The van der Waals surface area contributed by atoms with E-state index in [-0.39, 0.29) is 0 Å². The summed E-state index contributed by atoms with van der Waals surface area (Å²) >= 11 is 0. The van der Waals surface area contributed by atoms with Crippen LogP contribution in [0.1, 0.15) is 44.1 Å². The minimum atomic E-state index is 0.501. The molecule has 2 aliphatic heterocycles. The lowest BCUT2D eigenvalue weighted by atomic mass is 10.1. The molecule has 0 spiro atoms. The average Bonchev–Trinajstić information content (AvgIpc) is 2.85. The SMILES string of the molecule is CN(C)c1ccc(/C=C\C=NNc2nc(N3CCCCC3)nc(N3CCCCC3)n2)cc1. The quantitative estimate of drug-likeness (QED) is 0.521. The molecule has 0 radical (unpaired) electrons. The van der Waals surface area contributed by atoms with E-state index >= 15 is 0 Å². The molecule has 0 aliphatic carbocycles. The van der Waals surface area contributed by atoms with Gasteiger partial charge in [0.15, 0.2) is 0 Å². The van der Waals surface area contributed by atoms with Crippen LogP contribution in [-0.4, -0.2) is 61.4 Å². The fraction of sp³-hybridized carbons (Fsp3) is 0.500. The van der Waals surface area contributed by atoms with Gasteiger partial charge in [0.25, 0.3) is 0 Å². The molecule has 3 heterocycles. The van der Waals surface area contributed by atoms with Crippen molar-refractivity contribution in [1.29, 1.82) is 0 Å². The lowest BCUT2D eigenvalue weighted by molar-refractivity contribution is 0.556. The van der Waals surface area contributed by atoms with E-state index in [1.807, 2.05) is 26.2 Å². The highest BCUT2D eigenvalue weighted by atomic mass is 15.4. The van der Waals surface area contributed by atoms with Crippen LogP contribution in [0.15, 0.2) is 35.4 Å². The van der Waals surface area contributed by atoms with Gasteiger partial charge in [-0.25, -0.2) is 5.43 Å². The highest BCUT2D eigenvalue weighted by Crippen LogP contribution is 2.22. The molecule has 4 rings (SSSR count). The Balaban J connectivity index is 1.44. The number of nitrogens with one attached hydrogen (secondary N) is 1. The fourth-order valence-corrected chi connectivity index (χ4v) is 4.05. The molecule has 2 aromatic rings. The monoisotopic (exact) mass is 434 g/mol. The molecule has 0 saturated carbocycles. The minimum Gasteiger partial charge on any atom is -0.378 e. The topological polar surface area (TPSA) is 72.8 Å². The van der Waals surface area contributed by atoms with Crippen LogP contribution in [0.3, 0.4) is 0 Å². The molecule has 1 aromatic carbocycles. The molecular weight excluding hydrogens is 400 g/mol. The van der Waals surface area contributed by atoms with E-state index in [9.17, 15) is 0 Å². The molecule has 32 heavy (non-hydrogen) atoms. The molecule has 8 nitrogen and oxygen atoms in total. The largest absolute Gasteiger partial charge is 0.378 e. The van der Waals surface area contributed by atoms with Crippen LogP contribution in [0.4, 0.5) is 23.5 Å². The summed E-state index contributed by atoms with van der Waals surface area (Å²) < 4.78 is 0. The highest BCUT2D eigenvalue weighted by molar-refractivity contribution is 5.78. The molecule has 2 fully saturated rings. The van der Waals surface area contributed by atoms with Crippen LogP contribution in [0.25, 0.3) is 6.08 Å². The predicted octanol–water partition coefficient (Wildman–Crippen LogP) is 4.03. The second-order valence-corrected chi connectivity index (χ2v) is 8.59. The maximum atomic E-state index is 4.80. The summed E-state index contributed by atoms with van der Waals surface area (Å²) in [5.41, 5.74) is 5.32. The molecule has 170 valence electrons. The van der Waals surface area contributed by atoms with Gasteiger partial charge in [0.1, 0.15) is 0 Å². The van der Waals surface area contributed by atoms with E-state index in [1.54, 1.807) is 6.21 Å². The van der Waals surface area contributed by atoms with Crippen molar-refractivity contribution in [2.24, 2.45) is 5.10 Å². The van der Waals surface area contributed by atoms with Crippen molar-refractivity contribution < 1.29 is 0 Å². The summed E-state index contributed by atoms with van der Waals surface area (Å²) in [5, 5.41) is 4.32. The zero-order valence-electron chi connectivity index (χ0n) is 19.2. The molecular formula is C24H34N8. The van der Waals surface area contributed by atoms with Crippen molar-refractivity contribution >= 4 is 35.8 Å². The summed E-state index contributed by atoms with van der Waals surface area (Å²) in [7, 11) is 4.08. The molecule has 2 saturated heterocycles. The van der Waals surface area contributed by atoms with Gasteiger partial charge in [-0.2, -0.15) is 20.1 Å². The Kier molecular flexibility index (Phi) is 7.53. The van der Waals surface area contributed by atoms with Gasteiger partial charge in [0, 0.05) is 52.2 Å². The Labute approximate surface area is 191 Å². The second-order valence-electron chi connectivity index (χ2n) is 8.59. The van der Waals surface area contributed by atoms with Gasteiger partial charge < -0.3 is 14.7 Å². The first-order valence-electron chi connectivity index (χ1n) is 11.7. The summed E-state index contributed by atoms with van der Waals surface area (Å²) in [6, 6.07) is 8.39. The van der Waals surface area contributed by atoms with Gasteiger partial charge in [0.05, 0.1) is 0 Å². The van der Waals surface area contributed by atoms with Crippen LogP contribution in [0.5, 0.6) is 0 Å². The van der Waals surface area contributed by atoms with Crippen molar-refractivity contribution in [1.82, 2.24) is 15.0 Å². The van der Waals surface area contributed by atoms with Crippen molar-refractivity contribution in [2.75, 3.05) is 60.4 Å². The van der Waals surface area contributed by atoms with Crippen LogP contribution in [-0.2, 0) is 0 Å². The molecule has 0 atom stereocenters. The van der Waals surface area contributed by atoms with Crippen LogP contribution in [0, 0.1) is 0 Å². The lowest BCUT2D eigenvalue weighted by Gasteiger charge is -2.30. The Morgan fingerprint density at radius 2 is 1.38 bits per heavy atom. The Morgan fingerprint density at radius 1 is 0.812 bits per heavy atom. The molecule has 1 N–H and O–H groups in total. The standard InChI is InChI=1S/C24H34N8/c1-30(2)21-13-11-20(12-14-21)10-9-15-25-29-22-26-23(31-16-5-3-6-17-31)28-24(27-22)32-18-7-4-8-19-32/h9-15H,3-8,16-19H2,1-2H3,(H,26,27,28,29)/b10-9-,25-15?. The van der Waals surface area contributed by atoms with E-state index in [2.05, 4.69) is 59.5 Å². The highest BCUT2D eigenvalue weighted by Gasteiger charge is 2.20. The summed E-state index contributed by atoms with van der Waals surface area (Å²) in [6.07, 6.45) is 13.0. The number of piperidine rings is 2. The summed E-state index contributed by atoms with van der Waals surface area (Å²) in [4.78, 5) is 20.7. The zero-order chi connectivity index (χ0) is 22.2. The number of hydrogen-bond donors (Lipinski definition) is 1. The molecule has 2 aliphatic rings.